The van der Waals surface area contributed by atoms with E-state index in [0.717, 1.165) is 0 Å². The molecule has 1 rings (SSSR count). The van der Waals surface area contributed by atoms with Crippen molar-refractivity contribution in [2.75, 3.05) is 7.11 Å². The Bertz CT molecular complexity index is 172. The van der Waals surface area contributed by atoms with E-state index in [2.05, 4.69) is 4.98 Å². The van der Waals surface area contributed by atoms with Crippen LogP contribution in [0, 0.1) is 0 Å². The van der Waals surface area contributed by atoms with Gasteiger partial charge in [0.15, 0.2) is 0 Å². The Labute approximate surface area is 61.6 Å². The number of nitrogens with zero attached hydrogens (tertiary/aromatic N) is 2. The molecule has 0 unspecified atom stereocenters. The molecule has 1 aromatic heterocycles. The molecule has 0 aliphatic heterocycles. The van der Waals surface area contributed by atoms with E-state index >= 15 is 0 Å². The van der Waals surface area contributed by atoms with Gasteiger partial charge in [-0.15, -0.1) is 0 Å². The topological polar surface area (TPSA) is 27.1 Å². The maximum atomic E-state index is 4.84. The van der Waals surface area contributed by atoms with E-state index in [1.807, 2.05) is 27.1 Å². The molecule has 0 saturated carbocycles. The first-order chi connectivity index (χ1) is 4.84. The highest BCUT2D eigenvalue weighted by Crippen LogP contribution is 2.00. The average molecular weight is 142 g/mol. The molecular weight excluding hydrogens is 128 g/mol. The molecule has 0 bridgehead atoms. The van der Waals surface area contributed by atoms with Gasteiger partial charge in [0.05, 0.1) is 7.11 Å². The highest BCUT2D eigenvalue weighted by atomic mass is 16.5. The van der Waals surface area contributed by atoms with Gasteiger partial charge in [-0.1, -0.05) is 13.8 Å². The van der Waals surface area contributed by atoms with Crippen LogP contribution in [0.3, 0.4) is 0 Å². The third kappa shape index (κ3) is 2.09. The second-order valence-electron chi connectivity index (χ2n) is 1.52. The SMILES string of the molecule is CC.COc1nccn1C. The van der Waals surface area contributed by atoms with Gasteiger partial charge in [0.25, 0.3) is 6.01 Å². The fourth-order valence-electron chi connectivity index (χ4n) is 0.549. The highest BCUT2D eigenvalue weighted by molar-refractivity contribution is 4.95. The molecule has 1 heterocycles. The Kier molecular flexibility index (Phi) is 4.37. The molecule has 1 aromatic rings. The summed E-state index contributed by atoms with van der Waals surface area (Å²) in [5.74, 6) is 0. The summed E-state index contributed by atoms with van der Waals surface area (Å²) in [6, 6.07) is 0.644. The van der Waals surface area contributed by atoms with Crippen molar-refractivity contribution in [2.45, 2.75) is 13.8 Å². The van der Waals surface area contributed by atoms with Crippen molar-refractivity contribution < 1.29 is 4.74 Å². The van der Waals surface area contributed by atoms with Crippen LogP contribution in [0.15, 0.2) is 12.4 Å². The number of aromatic nitrogens is 2. The van der Waals surface area contributed by atoms with Gasteiger partial charge in [0, 0.05) is 19.4 Å². The van der Waals surface area contributed by atoms with Crippen molar-refractivity contribution >= 4 is 0 Å². The third-order valence-corrected chi connectivity index (χ3v) is 0.960. The number of aryl methyl sites for hydroxylation is 1. The van der Waals surface area contributed by atoms with E-state index in [-0.39, 0.29) is 0 Å². The predicted octanol–water partition coefficient (Wildman–Crippen LogP) is 1.45. The summed E-state index contributed by atoms with van der Waals surface area (Å²) < 4.78 is 6.64. The normalized spacial score (nSPS) is 8.00. The number of imidazole rings is 1. The molecule has 10 heavy (non-hydrogen) atoms. The van der Waals surface area contributed by atoms with E-state index in [1.54, 1.807) is 17.9 Å². The molecule has 3 heteroatoms. The standard InChI is InChI=1S/C5H8N2O.C2H6/c1-7-4-3-6-5(7)8-2;1-2/h3-4H,1-2H3;1-2H3. The van der Waals surface area contributed by atoms with Crippen LogP contribution in [0.1, 0.15) is 13.8 Å². The number of rotatable bonds is 1. The zero-order valence-corrected chi connectivity index (χ0v) is 6.96. The Morgan fingerprint density at radius 1 is 1.50 bits per heavy atom. The summed E-state index contributed by atoms with van der Waals surface area (Å²) in [4.78, 5) is 3.88. The van der Waals surface area contributed by atoms with Gasteiger partial charge >= 0.3 is 0 Å². The summed E-state index contributed by atoms with van der Waals surface area (Å²) in [5, 5.41) is 0. The van der Waals surface area contributed by atoms with Gasteiger partial charge in [-0.2, -0.15) is 0 Å². The molecule has 0 aliphatic rings. The van der Waals surface area contributed by atoms with Crippen molar-refractivity contribution in [1.29, 1.82) is 0 Å². The van der Waals surface area contributed by atoms with E-state index < -0.39 is 0 Å². The van der Waals surface area contributed by atoms with Gasteiger partial charge in [-0.05, 0) is 0 Å². The molecule has 0 spiro atoms. The third-order valence-electron chi connectivity index (χ3n) is 0.960. The van der Waals surface area contributed by atoms with E-state index in [9.17, 15) is 0 Å². The fraction of sp³-hybridized carbons (Fsp3) is 0.571. The highest BCUT2D eigenvalue weighted by Gasteiger charge is 1.92. The molecule has 0 aromatic carbocycles. The van der Waals surface area contributed by atoms with Gasteiger partial charge in [0.1, 0.15) is 0 Å². The molecule has 0 amide bonds. The van der Waals surface area contributed by atoms with Gasteiger partial charge in [-0.3, -0.25) is 0 Å². The summed E-state index contributed by atoms with van der Waals surface area (Å²) in [7, 11) is 3.48. The van der Waals surface area contributed by atoms with Gasteiger partial charge < -0.3 is 9.30 Å². The molecule has 0 aliphatic carbocycles. The summed E-state index contributed by atoms with van der Waals surface area (Å²) >= 11 is 0. The number of hydrogen-bond donors (Lipinski definition) is 0. The molecule has 0 N–H and O–H groups in total. The number of methoxy groups -OCH3 is 1. The minimum Gasteiger partial charge on any atom is -0.468 e. The van der Waals surface area contributed by atoms with Crippen molar-refractivity contribution in [1.82, 2.24) is 9.55 Å². The van der Waals surface area contributed by atoms with Crippen LogP contribution in [0.25, 0.3) is 0 Å². The number of hydrogen-bond acceptors (Lipinski definition) is 2. The van der Waals surface area contributed by atoms with Crippen LogP contribution in [0.5, 0.6) is 6.01 Å². The maximum Gasteiger partial charge on any atom is 0.295 e. The molecule has 58 valence electrons. The molecule has 3 nitrogen and oxygen atoms in total. The largest absolute Gasteiger partial charge is 0.468 e. The lowest BCUT2D eigenvalue weighted by Gasteiger charge is -1.94. The minimum absolute atomic E-state index is 0.644. The van der Waals surface area contributed by atoms with Crippen LogP contribution in [-0.2, 0) is 7.05 Å². The van der Waals surface area contributed by atoms with Crippen LogP contribution in [0.4, 0.5) is 0 Å². The molecule has 0 radical (unpaired) electrons. The second-order valence-corrected chi connectivity index (χ2v) is 1.52. The first-order valence-electron chi connectivity index (χ1n) is 3.36. The lowest BCUT2D eigenvalue weighted by Crippen LogP contribution is -1.92. The predicted molar refractivity (Wildman–Crippen MR) is 41.1 cm³/mol. The second kappa shape index (κ2) is 4.85. The average Bonchev–Trinajstić information content (AvgIpc) is 2.39. The monoisotopic (exact) mass is 142 g/mol. The Morgan fingerprint density at radius 2 is 2.10 bits per heavy atom. The summed E-state index contributed by atoms with van der Waals surface area (Å²) in [5.41, 5.74) is 0. The quantitative estimate of drug-likeness (QED) is 0.593. The fourth-order valence-corrected chi connectivity index (χ4v) is 0.549. The van der Waals surface area contributed by atoms with Crippen molar-refractivity contribution in [3.63, 3.8) is 0 Å². The Hall–Kier alpha value is -0.990. The lowest BCUT2D eigenvalue weighted by atomic mass is 10.9. The summed E-state index contributed by atoms with van der Waals surface area (Å²) in [6.45, 7) is 4.00. The molecule has 0 fully saturated rings. The number of ether oxygens (including phenoxy) is 1. The van der Waals surface area contributed by atoms with Crippen LogP contribution >= 0.6 is 0 Å². The van der Waals surface area contributed by atoms with E-state index in [0.29, 0.717) is 6.01 Å². The smallest absolute Gasteiger partial charge is 0.295 e. The minimum atomic E-state index is 0.644. The molecular formula is C7H14N2O. The van der Waals surface area contributed by atoms with Gasteiger partial charge in [0.2, 0.25) is 0 Å². The molecule has 0 atom stereocenters. The van der Waals surface area contributed by atoms with Gasteiger partial charge in [-0.25, -0.2) is 4.98 Å². The Morgan fingerprint density at radius 3 is 2.30 bits per heavy atom. The first-order valence-corrected chi connectivity index (χ1v) is 3.36. The maximum absolute atomic E-state index is 4.84. The lowest BCUT2D eigenvalue weighted by molar-refractivity contribution is 0.366. The van der Waals surface area contributed by atoms with Crippen molar-refractivity contribution in [3.8, 4) is 6.01 Å². The first kappa shape index (κ1) is 9.01. The zero-order chi connectivity index (χ0) is 7.98. The molecule has 0 saturated heterocycles. The van der Waals surface area contributed by atoms with Crippen LogP contribution < -0.4 is 4.74 Å². The van der Waals surface area contributed by atoms with E-state index in [4.69, 9.17) is 4.74 Å². The zero-order valence-electron chi connectivity index (χ0n) is 6.96. The Balaban J connectivity index is 0.000000371. The van der Waals surface area contributed by atoms with Crippen LogP contribution in [0.2, 0.25) is 0 Å². The summed E-state index contributed by atoms with van der Waals surface area (Å²) in [6.07, 6.45) is 3.53. The van der Waals surface area contributed by atoms with Crippen molar-refractivity contribution in [3.05, 3.63) is 12.4 Å². The van der Waals surface area contributed by atoms with Crippen molar-refractivity contribution in [2.24, 2.45) is 7.05 Å². The van der Waals surface area contributed by atoms with E-state index in [1.165, 1.54) is 0 Å². The van der Waals surface area contributed by atoms with Crippen LogP contribution in [-0.4, -0.2) is 16.7 Å².